The third-order valence-corrected chi connectivity index (χ3v) is 4.21. The highest BCUT2D eigenvalue weighted by Gasteiger charge is 2.26. The Morgan fingerprint density at radius 3 is 1.85 bits per heavy atom. The molecule has 1 amide bonds. The number of carboxylic acids is 2. The molecular formula is C15H11NO10S. The van der Waals surface area contributed by atoms with Crippen molar-refractivity contribution in [2.75, 3.05) is 5.32 Å². The van der Waals surface area contributed by atoms with Crippen LogP contribution in [0.25, 0.3) is 0 Å². The normalized spacial score (nSPS) is 11.0. The number of benzene rings is 2. The number of hydrogen-bond donors (Lipinski definition) is 6. The van der Waals surface area contributed by atoms with Crippen molar-refractivity contribution in [3.05, 3.63) is 47.0 Å². The minimum absolute atomic E-state index is 0.481. The fraction of sp³-hybridized carbons (Fsp3) is 0. The van der Waals surface area contributed by atoms with Crippen molar-refractivity contribution in [1.29, 1.82) is 0 Å². The van der Waals surface area contributed by atoms with Crippen LogP contribution in [0.2, 0.25) is 0 Å². The van der Waals surface area contributed by atoms with Gasteiger partial charge in [0.25, 0.3) is 16.0 Å². The minimum Gasteiger partial charge on any atom is -0.508 e. The summed E-state index contributed by atoms with van der Waals surface area (Å²) in [6.07, 6.45) is 0. The number of anilines is 1. The molecule has 0 aromatic heterocycles. The second-order valence-electron chi connectivity index (χ2n) is 5.11. The maximum atomic E-state index is 12.4. The van der Waals surface area contributed by atoms with E-state index in [2.05, 4.69) is 0 Å². The van der Waals surface area contributed by atoms with Crippen LogP contribution >= 0.6 is 0 Å². The maximum Gasteiger partial charge on any atom is 0.337 e. The number of nitrogens with one attached hydrogen (secondary N) is 1. The fourth-order valence-corrected chi connectivity index (χ4v) is 2.81. The number of amides is 1. The molecule has 2 rings (SSSR count). The van der Waals surface area contributed by atoms with Gasteiger partial charge in [-0.25, -0.2) is 9.59 Å². The van der Waals surface area contributed by atoms with Crippen molar-refractivity contribution >= 4 is 33.7 Å². The number of hydrogen-bond acceptors (Lipinski definition) is 7. The number of rotatable bonds is 5. The molecule has 11 nitrogen and oxygen atoms in total. The summed E-state index contributed by atoms with van der Waals surface area (Å²) < 4.78 is 31.5. The average Bonchev–Trinajstić information content (AvgIpc) is 2.55. The Hall–Kier alpha value is -3.64. The summed E-state index contributed by atoms with van der Waals surface area (Å²) in [7, 11) is -5.01. The van der Waals surface area contributed by atoms with E-state index in [1.54, 1.807) is 0 Å². The van der Waals surface area contributed by atoms with Gasteiger partial charge in [-0.3, -0.25) is 9.35 Å². The van der Waals surface area contributed by atoms with Crippen LogP contribution in [0.5, 0.6) is 11.5 Å². The van der Waals surface area contributed by atoms with Gasteiger partial charge in [-0.1, -0.05) is 6.07 Å². The number of aromatic carboxylic acids is 2. The van der Waals surface area contributed by atoms with Crippen LogP contribution in [0.3, 0.4) is 0 Å². The van der Waals surface area contributed by atoms with E-state index in [4.69, 9.17) is 14.8 Å². The van der Waals surface area contributed by atoms with Gasteiger partial charge in [0.15, 0.2) is 0 Å². The number of para-hydroxylation sites is 1. The quantitative estimate of drug-likeness (QED) is 0.312. The SMILES string of the molecule is O=C(Nc1c(C(=O)O)cccc1C(=O)O)c1cc(O)cc(S(=O)(=O)O)c1O. The number of carbonyl (C=O) groups excluding carboxylic acids is 1. The first-order valence-electron chi connectivity index (χ1n) is 6.88. The summed E-state index contributed by atoms with van der Waals surface area (Å²) in [5, 5.41) is 39.7. The van der Waals surface area contributed by atoms with Crippen molar-refractivity contribution in [2.24, 2.45) is 0 Å². The van der Waals surface area contributed by atoms with Crippen LogP contribution in [-0.2, 0) is 10.1 Å². The average molecular weight is 397 g/mol. The largest absolute Gasteiger partial charge is 0.508 e. The second-order valence-corrected chi connectivity index (χ2v) is 6.50. The highest BCUT2D eigenvalue weighted by atomic mass is 32.2. The highest BCUT2D eigenvalue weighted by molar-refractivity contribution is 7.86. The Labute approximate surface area is 150 Å². The molecule has 0 atom stereocenters. The van der Waals surface area contributed by atoms with Crippen LogP contribution in [-0.4, -0.2) is 51.2 Å². The first-order chi connectivity index (χ1) is 12.4. The molecule has 6 N–H and O–H groups in total. The Balaban J connectivity index is 2.62. The summed E-state index contributed by atoms with van der Waals surface area (Å²) in [6, 6.07) is 4.27. The Bertz CT molecular complexity index is 1040. The molecule has 0 fully saturated rings. The smallest absolute Gasteiger partial charge is 0.337 e. The topological polar surface area (TPSA) is 199 Å². The molecule has 0 spiro atoms. The molecule has 0 saturated heterocycles. The molecule has 0 bridgehead atoms. The summed E-state index contributed by atoms with van der Waals surface area (Å²) >= 11 is 0. The molecule has 0 aliphatic carbocycles. The van der Waals surface area contributed by atoms with Gasteiger partial charge in [0.2, 0.25) is 0 Å². The summed E-state index contributed by atoms with van der Waals surface area (Å²) in [6.45, 7) is 0. The number of aromatic hydroxyl groups is 2. The van der Waals surface area contributed by atoms with E-state index in [-0.39, 0.29) is 0 Å². The molecule has 0 radical (unpaired) electrons. The van der Waals surface area contributed by atoms with Gasteiger partial charge < -0.3 is 25.7 Å². The summed E-state index contributed by atoms with van der Waals surface area (Å²) in [5.41, 5.74) is -2.64. The molecule has 0 aliphatic heterocycles. The molecule has 0 aliphatic rings. The van der Waals surface area contributed by atoms with Crippen LogP contribution in [0, 0.1) is 0 Å². The number of carbonyl (C=O) groups is 3. The van der Waals surface area contributed by atoms with Gasteiger partial charge in [0.1, 0.15) is 16.4 Å². The number of phenols is 2. The van der Waals surface area contributed by atoms with E-state index in [1.807, 2.05) is 5.32 Å². The fourth-order valence-electron chi connectivity index (χ4n) is 2.19. The molecule has 0 unspecified atom stereocenters. The van der Waals surface area contributed by atoms with E-state index in [0.29, 0.717) is 12.1 Å². The zero-order chi connectivity index (χ0) is 20.5. The zero-order valence-corrected chi connectivity index (χ0v) is 13.9. The number of carboxylic acid groups (broad SMARTS) is 2. The lowest BCUT2D eigenvalue weighted by atomic mass is 10.1. The van der Waals surface area contributed by atoms with E-state index in [1.165, 1.54) is 0 Å². The first kappa shape index (κ1) is 19.7. The molecule has 12 heteroatoms. The molecule has 2 aromatic rings. The number of phenolic OH excluding ortho intramolecular Hbond substituents is 2. The summed E-state index contributed by atoms with van der Waals surface area (Å²) in [5.74, 6) is -6.49. The van der Waals surface area contributed by atoms with Gasteiger partial charge >= 0.3 is 11.9 Å². The van der Waals surface area contributed by atoms with E-state index in [9.17, 15) is 33.0 Å². The Morgan fingerprint density at radius 2 is 1.41 bits per heavy atom. The van der Waals surface area contributed by atoms with Gasteiger partial charge in [0.05, 0.1) is 22.4 Å². The van der Waals surface area contributed by atoms with E-state index >= 15 is 0 Å². The van der Waals surface area contributed by atoms with E-state index in [0.717, 1.165) is 18.2 Å². The summed E-state index contributed by atoms with van der Waals surface area (Å²) in [4.78, 5) is 33.8. The second kappa shape index (κ2) is 6.93. The van der Waals surface area contributed by atoms with E-state index < -0.39 is 66.7 Å². The molecule has 0 saturated carbocycles. The maximum absolute atomic E-state index is 12.4. The predicted octanol–water partition coefficient (Wildman–Crippen LogP) is 0.993. The van der Waals surface area contributed by atoms with Gasteiger partial charge in [0, 0.05) is 6.07 Å². The first-order valence-corrected chi connectivity index (χ1v) is 8.32. The molecule has 142 valence electrons. The lowest BCUT2D eigenvalue weighted by Gasteiger charge is -2.13. The van der Waals surface area contributed by atoms with Crippen molar-refractivity contribution in [3.8, 4) is 11.5 Å². The van der Waals surface area contributed by atoms with Gasteiger partial charge in [-0.15, -0.1) is 0 Å². The van der Waals surface area contributed by atoms with Crippen molar-refractivity contribution < 1.29 is 47.8 Å². The third-order valence-electron chi connectivity index (χ3n) is 3.35. The zero-order valence-electron chi connectivity index (χ0n) is 13.1. The van der Waals surface area contributed by atoms with Crippen molar-refractivity contribution in [1.82, 2.24) is 0 Å². The highest BCUT2D eigenvalue weighted by Crippen LogP contribution is 2.32. The van der Waals surface area contributed by atoms with Crippen LogP contribution in [0.4, 0.5) is 5.69 Å². The van der Waals surface area contributed by atoms with Crippen LogP contribution in [0.1, 0.15) is 31.1 Å². The minimum atomic E-state index is -5.01. The monoisotopic (exact) mass is 397 g/mol. The van der Waals surface area contributed by atoms with Crippen molar-refractivity contribution in [2.45, 2.75) is 4.90 Å². The molecule has 27 heavy (non-hydrogen) atoms. The van der Waals surface area contributed by atoms with Gasteiger partial charge in [-0.05, 0) is 18.2 Å². The van der Waals surface area contributed by atoms with Crippen molar-refractivity contribution in [3.63, 3.8) is 0 Å². The van der Waals surface area contributed by atoms with Gasteiger partial charge in [-0.2, -0.15) is 8.42 Å². The third kappa shape index (κ3) is 3.96. The van der Waals surface area contributed by atoms with Crippen LogP contribution in [0.15, 0.2) is 35.2 Å². The molecule has 0 heterocycles. The van der Waals surface area contributed by atoms with Crippen LogP contribution < -0.4 is 5.32 Å². The predicted molar refractivity (Wildman–Crippen MR) is 87.9 cm³/mol. The molecular weight excluding hydrogens is 386 g/mol. The standard InChI is InChI=1S/C15H11NO10S/c17-6-4-9(12(18)10(5-6)27(24,25)26)13(19)16-11-7(14(20)21)2-1-3-8(11)15(22)23/h1-5,17-18H,(H,16,19)(H,20,21)(H,22,23)(H,24,25,26). The Morgan fingerprint density at radius 1 is 0.889 bits per heavy atom. The lowest BCUT2D eigenvalue weighted by molar-refractivity contribution is 0.0696. The molecule has 2 aromatic carbocycles. The lowest BCUT2D eigenvalue weighted by Crippen LogP contribution is -2.18. The Kier molecular flexibility index (Phi) is 5.05.